The fourth-order valence-corrected chi connectivity index (χ4v) is 5.10. The number of phenols is 1. The first-order chi connectivity index (χ1) is 21.9. The van der Waals surface area contributed by atoms with Crippen LogP contribution >= 0.6 is 0 Å². The van der Waals surface area contributed by atoms with Crippen LogP contribution < -0.4 is 0 Å². The van der Waals surface area contributed by atoms with Crippen molar-refractivity contribution >= 4 is 11.9 Å². The van der Waals surface area contributed by atoms with Crippen molar-refractivity contribution in [2.75, 3.05) is 13.2 Å². The van der Waals surface area contributed by atoms with Gasteiger partial charge in [-0.25, -0.2) is 4.79 Å². The maximum Gasteiger partial charge on any atom is 0.341 e. The minimum Gasteiger partial charge on any atom is -0.507 e. The molecule has 6 nitrogen and oxygen atoms in total. The number of carbonyl (C=O) groups excluding carboxylic acids is 1. The molecule has 6 heteroatoms. The summed E-state index contributed by atoms with van der Waals surface area (Å²) in [6, 6.07) is 6.30. The van der Waals surface area contributed by atoms with Gasteiger partial charge in [0, 0.05) is 13.0 Å². The minimum atomic E-state index is -0.653. The molecular formula is C39H72O6. The molecule has 1 aromatic rings. The summed E-state index contributed by atoms with van der Waals surface area (Å²) in [7, 11) is 0. The maximum absolute atomic E-state index is 11.1. The van der Waals surface area contributed by atoms with Crippen molar-refractivity contribution in [2.24, 2.45) is 0 Å². The van der Waals surface area contributed by atoms with Gasteiger partial charge in [-0.15, -0.1) is 0 Å². The number of benzene rings is 1. The highest BCUT2D eigenvalue weighted by Gasteiger charge is 2.09. The van der Waals surface area contributed by atoms with E-state index < -0.39 is 11.9 Å². The average molecular weight is 637 g/mol. The summed E-state index contributed by atoms with van der Waals surface area (Å²) in [5.41, 5.74) is 0.208. The van der Waals surface area contributed by atoms with Crippen molar-refractivity contribution in [3.05, 3.63) is 29.8 Å². The van der Waals surface area contributed by atoms with E-state index in [1.807, 2.05) is 0 Å². The third kappa shape index (κ3) is 36.3. The fraction of sp³-hybridized carbons (Fsp3) is 0.795. The Morgan fingerprint density at radius 1 is 0.556 bits per heavy atom. The molecule has 0 unspecified atom stereocenters. The molecular weight excluding hydrogens is 564 g/mol. The predicted octanol–water partition coefficient (Wildman–Crippen LogP) is 11.8. The van der Waals surface area contributed by atoms with Gasteiger partial charge in [0.15, 0.2) is 0 Å². The number of hydrogen-bond donors (Lipinski definition) is 3. The first-order valence-corrected chi connectivity index (χ1v) is 18.7. The number of unbranched alkanes of at least 4 members (excludes halogenated alkanes) is 23. The molecule has 45 heavy (non-hydrogen) atoms. The van der Waals surface area contributed by atoms with E-state index in [1.165, 1.54) is 153 Å². The summed E-state index contributed by atoms with van der Waals surface area (Å²) >= 11 is 0. The Hall–Kier alpha value is -2.08. The number of carboxylic acid groups (broad SMARTS) is 1. The molecule has 0 fully saturated rings. The fourth-order valence-electron chi connectivity index (χ4n) is 5.10. The number of aliphatic hydroxyl groups is 1. The summed E-state index contributed by atoms with van der Waals surface area (Å²) in [6.07, 6.45) is 33.5. The van der Waals surface area contributed by atoms with Gasteiger partial charge >= 0.3 is 11.9 Å². The quantitative estimate of drug-likeness (QED) is 0.0624. The van der Waals surface area contributed by atoms with Crippen molar-refractivity contribution in [3.63, 3.8) is 0 Å². The zero-order valence-electron chi connectivity index (χ0n) is 29.7. The Morgan fingerprint density at radius 3 is 1.24 bits per heavy atom. The predicted molar refractivity (Wildman–Crippen MR) is 190 cm³/mol. The maximum atomic E-state index is 11.1. The van der Waals surface area contributed by atoms with Crippen molar-refractivity contribution < 1.29 is 29.6 Å². The second-order valence-electron chi connectivity index (χ2n) is 12.2. The molecule has 0 heterocycles. The van der Waals surface area contributed by atoms with Crippen LogP contribution in [0.15, 0.2) is 24.3 Å². The number of aromatic hydroxyl groups is 1. The highest BCUT2D eigenvalue weighted by atomic mass is 16.5. The number of aliphatic hydroxyl groups excluding tert-OH is 1. The van der Waals surface area contributed by atoms with Crippen LogP contribution in [0.2, 0.25) is 0 Å². The van der Waals surface area contributed by atoms with E-state index in [1.54, 1.807) is 19.1 Å². The zero-order chi connectivity index (χ0) is 33.6. The van der Waals surface area contributed by atoms with Gasteiger partial charge in [0.1, 0.15) is 11.3 Å². The highest BCUT2D eigenvalue weighted by Crippen LogP contribution is 2.16. The lowest BCUT2D eigenvalue weighted by molar-refractivity contribution is -0.137. The van der Waals surface area contributed by atoms with E-state index in [0.29, 0.717) is 19.6 Å². The van der Waals surface area contributed by atoms with Crippen LogP contribution in [0.1, 0.15) is 198 Å². The second-order valence-corrected chi connectivity index (χ2v) is 12.2. The molecule has 0 radical (unpaired) electrons. The number of ether oxygens (including phenoxy) is 1. The number of carbonyl (C=O) groups is 2. The first kappa shape index (κ1) is 45.0. The van der Waals surface area contributed by atoms with Gasteiger partial charge in [-0.1, -0.05) is 174 Å². The Balaban J connectivity index is 0. The van der Waals surface area contributed by atoms with Gasteiger partial charge in [-0.05, 0) is 31.9 Å². The van der Waals surface area contributed by atoms with Gasteiger partial charge in [0.2, 0.25) is 0 Å². The zero-order valence-corrected chi connectivity index (χ0v) is 29.7. The lowest BCUT2D eigenvalue weighted by Crippen LogP contribution is -2.04. The van der Waals surface area contributed by atoms with E-state index in [0.717, 1.165) is 19.3 Å². The van der Waals surface area contributed by atoms with Crippen molar-refractivity contribution in [2.45, 2.75) is 188 Å². The van der Waals surface area contributed by atoms with E-state index in [-0.39, 0.29) is 11.3 Å². The molecule has 264 valence electrons. The van der Waals surface area contributed by atoms with E-state index in [9.17, 15) is 14.7 Å². The van der Waals surface area contributed by atoms with Crippen LogP contribution in [0.3, 0.4) is 0 Å². The van der Waals surface area contributed by atoms with Gasteiger partial charge in [0.05, 0.1) is 6.61 Å². The van der Waals surface area contributed by atoms with E-state index in [2.05, 4.69) is 13.8 Å². The van der Waals surface area contributed by atoms with Crippen LogP contribution in [0.25, 0.3) is 0 Å². The average Bonchev–Trinajstić information content (AvgIpc) is 3.03. The van der Waals surface area contributed by atoms with Crippen LogP contribution in [0, 0.1) is 0 Å². The summed E-state index contributed by atoms with van der Waals surface area (Å²) in [5.74, 6) is -1.19. The van der Waals surface area contributed by atoms with Crippen LogP contribution in [-0.2, 0) is 9.53 Å². The van der Waals surface area contributed by atoms with Crippen LogP contribution in [0.5, 0.6) is 5.75 Å². The van der Waals surface area contributed by atoms with Crippen LogP contribution in [-0.4, -0.2) is 40.5 Å². The van der Waals surface area contributed by atoms with Gasteiger partial charge < -0.3 is 20.1 Å². The highest BCUT2D eigenvalue weighted by molar-refractivity contribution is 5.92. The molecule has 0 bridgehead atoms. The normalized spacial score (nSPS) is 10.4. The van der Waals surface area contributed by atoms with Gasteiger partial charge in [-0.2, -0.15) is 0 Å². The number of phenolic OH excluding ortho intramolecular Hbond substituents is 1. The molecule has 0 aliphatic carbocycles. The minimum absolute atomic E-state index is 0.0454. The first-order valence-electron chi connectivity index (χ1n) is 18.7. The number of para-hydroxylation sites is 1. The largest absolute Gasteiger partial charge is 0.507 e. The number of hydrogen-bond acceptors (Lipinski definition) is 5. The summed E-state index contributed by atoms with van der Waals surface area (Å²) in [4.78, 5) is 21.4. The molecule has 0 saturated heterocycles. The van der Waals surface area contributed by atoms with E-state index in [4.69, 9.17) is 14.9 Å². The van der Waals surface area contributed by atoms with E-state index >= 15 is 0 Å². The lowest BCUT2D eigenvalue weighted by atomic mass is 10.0. The lowest BCUT2D eigenvalue weighted by Gasteiger charge is -2.03. The molecule has 0 atom stereocenters. The third-order valence-electron chi connectivity index (χ3n) is 7.91. The summed E-state index contributed by atoms with van der Waals surface area (Å²) in [5, 5.41) is 26.3. The molecule has 1 rings (SSSR count). The number of esters is 1. The molecule has 0 spiro atoms. The second kappa shape index (κ2) is 38.1. The number of rotatable bonds is 28. The molecule has 0 amide bonds. The molecule has 0 aliphatic rings. The van der Waals surface area contributed by atoms with Crippen molar-refractivity contribution in [1.82, 2.24) is 0 Å². The standard InChI is InChI=1S/C18H36O2.C12H26O.C9H10O3/c1-2-3-4-5-6-7-8-9-10-11-12-13-14-15-16-17-18(19)20;1-2-3-4-5-6-7-8-9-10-11-12-13;1-2-12-9(11)7-5-3-4-6-8(7)10/h2-17H2,1H3,(H,19,20);13H,2-12H2,1H3;3-6,10H,2H2,1H3. The summed E-state index contributed by atoms with van der Waals surface area (Å²) < 4.78 is 4.71. The molecule has 0 saturated carbocycles. The Labute approximate surface area is 277 Å². The number of aliphatic carboxylic acids is 1. The Bertz CT molecular complexity index is 741. The number of carboxylic acids is 1. The Morgan fingerprint density at radius 2 is 0.911 bits per heavy atom. The van der Waals surface area contributed by atoms with Gasteiger partial charge in [0.25, 0.3) is 0 Å². The third-order valence-corrected chi connectivity index (χ3v) is 7.91. The summed E-state index contributed by atoms with van der Waals surface area (Å²) in [6.45, 7) is 6.93. The molecule has 0 aliphatic heterocycles. The molecule has 3 N–H and O–H groups in total. The topological polar surface area (TPSA) is 104 Å². The smallest absolute Gasteiger partial charge is 0.341 e. The van der Waals surface area contributed by atoms with Crippen molar-refractivity contribution in [3.8, 4) is 5.75 Å². The molecule has 0 aromatic heterocycles. The van der Waals surface area contributed by atoms with Crippen LogP contribution in [0.4, 0.5) is 0 Å². The monoisotopic (exact) mass is 637 g/mol. The SMILES string of the molecule is CCCCCCCCCCCCCCCCCC(=O)O.CCCCCCCCCCCCO.CCOC(=O)c1ccccc1O. The Kier molecular flexibility index (Phi) is 38.1. The molecule has 1 aromatic carbocycles. The van der Waals surface area contributed by atoms with Crippen molar-refractivity contribution in [1.29, 1.82) is 0 Å². The van der Waals surface area contributed by atoms with Gasteiger partial charge in [-0.3, -0.25) is 4.79 Å².